The van der Waals surface area contributed by atoms with Gasteiger partial charge in [-0.2, -0.15) is 0 Å². The van der Waals surface area contributed by atoms with Gasteiger partial charge in [-0.25, -0.2) is 4.39 Å². The van der Waals surface area contributed by atoms with Gasteiger partial charge in [0.25, 0.3) is 11.8 Å². The predicted molar refractivity (Wildman–Crippen MR) is 120 cm³/mol. The van der Waals surface area contributed by atoms with Crippen molar-refractivity contribution in [2.75, 3.05) is 17.2 Å². The molecule has 3 aromatic rings. The van der Waals surface area contributed by atoms with Crippen LogP contribution in [0.3, 0.4) is 0 Å². The molecule has 0 bridgehead atoms. The van der Waals surface area contributed by atoms with Crippen LogP contribution < -0.4 is 15.4 Å². The molecule has 0 radical (unpaired) electrons. The number of ether oxygens (including phenoxy) is 1. The van der Waals surface area contributed by atoms with Crippen molar-refractivity contribution < 1.29 is 18.7 Å². The van der Waals surface area contributed by atoms with Gasteiger partial charge >= 0.3 is 0 Å². The molecule has 160 valence electrons. The van der Waals surface area contributed by atoms with Crippen molar-refractivity contribution in [1.82, 2.24) is 0 Å². The molecule has 3 aromatic carbocycles. The lowest BCUT2D eigenvalue weighted by Gasteiger charge is -2.10. The third-order valence-electron chi connectivity index (χ3n) is 4.50. The van der Waals surface area contributed by atoms with Crippen LogP contribution in [0.4, 0.5) is 15.8 Å². The van der Waals surface area contributed by atoms with E-state index in [0.29, 0.717) is 28.6 Å². The van der Waals surface area contributed by atoms with E-state index in [-0.39, 0.29) is 17.5 Å². The first-order chi connectivity index (χ1) is 14.8. The number of halogens is 2. The van der Waals surface area contributed by atoms with Crippen LogP contribution in [0.25, 0.3) is 0 Å². The molecule has 0 atom stereocenters. The summed E-state index contributed by atoms with van der Waals surface area (Å²) in [6.45, 7) is 4.05. The SMILES string of the molecule is CC(C)c1ccc(OCC(=O)Nc2cccc(C(=O)Nc3ccc(F)c(Cl)c3)c2)cc1. The first-order valence-electron chi connectivity index (χ1n) is 9.71. The Morgan fingerprint density at radius 3 is 2.35 bits per heavy atom. The number of hydrogen-bond donors (Lipinski definition) is 2. The molecular formula is C24H22ClFN2O3. The van der Waals surface area contributed by atoms with Crippen LogP contribution in [0.1, 0.15) is 35.7 Å². The summed E-state index contributed by atoms with van der Waals surface area (Å²) in [7, 11) is 0. The maximum atomic E-state index is 13.3. The number of hydrogen-bond acceptors (Lipinski definition) is 3. The van der Waals surface area contributed by atoms with Crippen molar-refractivity contribution in [1.29, 1.82) is 0 Å². The Bertz CT molecular complexity index is 1080. The smallest absolute Gasteiger partial charge is 0.262 e. The van der Waals surface area contributed by atoms with Crippen molar-refractivity contribution in [2.45, 2.75) is 19.8 Å². The maximum Gasteiger partial charge on any atom is 0.262 e. The lowest BCUT2D eigenvalue weighted by atomic mass is 10.0. The molecular weight excluding hydrogens is 419 g/mol. The molecule has 0 saturated heterocycles. The summed E-state index contributed by atoms with van der Waals surface area (Å²) in [4.78, 5) is 24.7. The molecule has 2 amide bonds. The molecule has 0 fully saturated rings. The fraction of sp³-hybridized carbons (Fsp3) is 0.167. The molecule has 0 heterocycles. The van der Waals surface area contributed by atoms with Gasteiger partial charge in [-0.1, -0.05) is 43.6 Å². The summed E-state index contributed by atoms with van der Waals surface area (Å²) in [6.07, 6.45) is 0. The summed E-state index contributed by atoms with van der Waals surface area (Å²) in [6, 6.07) is 18.0. The van der Waals surface area contributed by atoms with Crippen molar-refractivity contribution >= 4 is 34.8 Å². The van der Waals surface area contributed by atoms with E-state index in [0.717, 1.165) is 0 Å². The normalized spacial score (nSPS) is 10.6. The lowest BCUT2D eigenvalue weighted by Crippen LogP contribution is -2.20. The van der Waals surface area contributed by atoms with Crippen LogP contribution in [-0.4, -0.2) is 18.4 Å². The number of carbonyl (C=O) groups is 2. The van der Waals surface area contributed by atoms with E-state index >= 15 is 0 Å². The zero-order valence-electron chi connectivity index (χ0n) is 17.1. The van der Waals surface area contributed by atoms with Crippen LogP contribution in [0, 0.1) is 5.82 Å². The molecule has 0 spiro atoms. The van der Waals surface area contributed by atoms with Crippen molar-refractivity contribution in [2.24, 2.45) is 0 Å². The molecule has 5 nitrogen and oxygen atoms in total. The number of carbonyl (C=O) groups excluding carboxylic acids is 2. The highest BCUT2D eigenvalue weighted by atomic mass is 35.5. The van der Waals surface area contributed by atoms with Gasteiger partial charge in [-0.15, -0.1) is 0 Å². The van der Waals surface area contributed by atoms with Crippen LogP contribution in [0.5, 0.6) is 5.75 Å². The predicted octanol–water partition coefficient (Wildman–Crippen LogP) is 5.87. The van der Waals surface area contributed by atoms with Gasteiger partial charge in [0.1, 0.15) is 11.6 Å². The summed E-state index contributed by atoms with van der Waals surface area (Å²) in [5.74, 6) is -0.314. The second-order valence-corrected chi connectivity index (χ2v) is 7.63. The Labute approximate surface area is 185 Å². The second kappa shape index (κ2) is 10.1. The summed E-state index contributed by atoms with van der Waals surface area (Å²) in [5, 5.41) is 5.26. The molecule has 0 aliphatic rings. The number of anilines is 2. The van der Waals surface area contributed by atoms with Gasteiger partial charge in [0.15, 0.2) is 6.61 Å². The average molecular weight is 441 g/mol. The molecule has 7 heteroatoms. The largest absolute Gasteiger partial charge is 0.484 e. The summed E-state index contributed by atoms with van der Waals surface area (Å²) >= 11 is 5.74. The first-order valence-corrected chi connectivity index (χ1v) is 10.1. The highest BCUT2D eigenvalue weighted by Crippen LogP contribution is 2.21. The van der Waals surface area contributed by atoms with E-state index in [1.165, 1.54) is 29.8 Å². The van der Waals surface area contributed by atoms with Gasteiger partial charge in [-0.3, -0.25) is 9.59 Å². The van der Waals surface area contributed by atoms with E-state index in [2.05, 4.69) is 24.5 Å². The molecule has 0 unspecified atom stereocenters. The van der Waals surface area contributed by atoms with E-state index in [1.54, 1.807) is 18.2 Å². The fourth-order valence-corrected chi connectivity index (χ4v) is 2.99. The van der Waals surface area contributed by atoms with Gasteiger partial charge < -0.3 is 15.4 Å². The number of amides is 2. The monoisotopic (exact) mass is 440 g/mol. The minimum absolute atomic E-state index is 0.0855. The van der Waals surface area contributed by atoms with Crippen LogP contribution >= 0.6 is 11.6 Å². The van der Waals surface area contributed by atoms with Crippen LogP contribution in [0.15, 0.2) is 66.7 Å². The van der Waals surface area contributed by atoms with Gasteiger partial charge in [0.05, 0.1) is 5.02 Å². The third-order valence-corrected chi connectivity index (χ3v) is 4.79. The van der Waals surface area contributed by atoms with E-state index in [9.17, 15) is 14.0 Å². The molecule has 0 aliphatic carbocycles. The molecule has 2 N–H and O–H groups in total. The van der Waals surface area contributed by atoms with E-state index in [1.807, 2.05) is 24.3 Å². The topological polar surface area (TPSA) is 67.4 Å². The summed E-state index contributed by atoms with van der Waals surface area (Å²) < 4.78 is 18.8. The van der Waals surface area contributed by atoms with Gasteiger partial charge in [0, 0.05) is 16.9 Å². The standard InChI is InChI=1S/C24H22ClFN2O3/c1-15(2)16-6-9-20(10-7-16)31-14-23(29)27-18-5-3-4-17(12-18)24(30)28-19-8-11-22(26)21(25)13-19/h3-13,15H,14H2,1-2H3,(H,27,29)(H,28,30). The number of rotatable bonds is 7. The zero-order chi connectivity index (χ0) is 22.4. The van der Waals surface area contributed by atoms with Crippen molar-refractivity contribution in [3.05, 3.63) is 88.7 Å². The molecule has 31 heavy (non-hydrogen) atoms. The number of nitrogens with one attached hydrogen (secondary N) is 2. The third kappa shape index (κ3) is 6.30. The van der Waals surface area contributed by atoms with Crippen LogP contribution in [0.2, 0.25) is 5.02 Å². The Morgan fingerprint density at radius 2 is 1.68 bits per heavy atom. The Balaban J connectivity index is 1.57. The van der Waals surface area contributed by atoms with Crippen LogP contribution in [-0.2, 0) is 4.79 Å². The van der Waals surface area contributed by atoms with Gasteiger partial charge in [-0.05, 0) is 60.0 Å². The Morgan fingerprint density at radius 1 is 0.968 bits per heavy atom. The Kier molecular flexibility index (Phi) is 7.26. The molecule has 0 aromatic heterocycles. The molecule has 0 aliphatic heterocycles. The highest BCUT2D eigenvalue weighted by molar-refractivity contribution is 6.31. The van der Waals surface area contributed by atoms with E-state index in [4.69, 9.17) is 16.3 Å². The van der Waals surface area contributed by atoms with Gasteiger partial charge in [0.2, 0.25) is 0 Å². The summed E-state index contributed by atoms with van der Waals surface area (Å²) in [5.41, 5.74) is 2.33. The molecule has 0 saturated carbocycles. The van der Waals surface area contributed by atoms with Crippen molar-refractivity contribution in [3.63, 3.8) is 0 Å². The Hall–Kier alpha value is -3.38. The second-order valence-electron chi connectivity index (χ2n) is 7.22. The first kappa shape index (κ1) is 22.3. The van der Waals surface area contributed by atoms with E-state index < -0.39 is 11.7 Å². The fourth-order valence-electron chi connectivity index (χ4n) is 2.81. The van der Waals surface area contributed by atoms with Crippen molar-refractivity contribution in [3.8, 4) is 5.75 Å². The lowest BCUT2D eigenvalue weighted by molar-refractivity contribution is -0.118. The maximum absolute atomic E-state index is 13.3. The minimum atomic E-state index is -0.567. The quantitative estimate of drug-likeness (QED) is 0.482. The zero-order valence-corrected chi connectivity index (χ0v) is 17.9. The average Bonchev–Trinajstić information content (AvgIpc) is 2.75. The minimum Gasteiger partial charge on any atom is -0.484 e. The highest BCUT2D eigenvalue weighted by Gasteiger charge is 2.10. The number of benzene rings is 3. The molecule has 3 rings (SSSR count).